The molecule has 0 radical (unpaired) electrons. The van der Waals surface area contributed by atoms with Crippen LogP contribution in [0.4, 0.5) is 0 Å². The Morgan fingerprint density at radius 1 is 0.939 bits per heavy atom. The lowest BCUT2D eigenvalue weighted by molar-refractivity contribution is 0.281. The van der Waals surface area contributed by atoms with E-state index in [0.29, 0.717) is 6.61 Å². The molecule has 0 spiro atoms. The van der Waals surface area contributed by atoms with Crippen LogP contribution in [-0.4, -0.2) is 35.7 Å². The zero-order valence-corrected chi connectivity index (χ0v) is 23.4. The molecule has 1 aromatic carbocycles. The average Bonchev–Trinajstić information content (AvgIpc) is 2.64. The van der Waals surface area contributed by atoms with Crippen LogP contribution in [0.5, 0.6) is 5.75 Å². The molecule has 0 aliphatic heterocycles. The van der Waals surface area contributed by atoms with E-state index in [1.54, 1.807) is 12.1 Å². The zero-order chi connectivity index (χ0) is 25.3. The summed E-state index contributed by atoms with van der Waals surface area (Å²) < 4.78 is 56.8. The van der Waals surface area contributed by atoms with Gasteiger partial charge in [-0.15, -0.1) is 0 Å². The standard InChI is InChI=1S/C24H42ClNO5S2/c1-7-8-9-10-11-12-16-31-21-14-13-20(24(5,6)19-23(2,3)4)18-22(21)33(29,30)26-15-17-32(25,27)28/h13-14,18,26H,7-12,15-17,19H2,1-6H3. The average molecular weight is 524 g/mol. The summed E-state index contributed by atoms with van der Waals surface area (Å²) in [4.78, 5) is 0.0277. The lowest BCUT2D eigenvalue weighted by Gasteiger charge is -2.33. The van der Waals surface area contributed by atoms with Crippen molar-refractivity contribution >= 4 is 29.8 Å². The molecule has 0 unspecified atom stereocenters. The van der Waals surface area contributed by atoms with Crippen molar-refractivity contribution in [3.63, 3.8) is 0 Å². The highest BCUT2D eigenvalue weighted by molar-refractivity contribution is 8.13. The van der Waals surface area contributed by atoms with Crippen molar-refractivity contribution in [1.29, 1.82) is 0 Å². The molecule has 0 aliphatic rings. The van der Waals surface area contributed by atoms with E-state index in [0.717, 1.165) is 31.2 Å². The molecule has 6 nitrogen and oxygen atoms in total. The quantitative estimate of drug-likeness (QED) is 0.225. The maximum absolute atomic E-state index is 13.1. The van der Waals surface area contributed by atoms with Crippen molar-refractivity contribution in [2.75, 3.05) is 18.9 Å². The minimum atomic E-state index is -3.99. The van der Waals surface area contributed by atoms with Gasteiger partial charge in [0.1, 0.15) is 10.6 Å². The van der Waals surface area contributed by atoms with Gasteiger partial charge in [0.05, 0.1) is 12.4 Å². The highest BCUT2D eigenvalue weighted by atomic mass is 35.7. The van der Waals surface area contributed by atoms with E-state index < -0.39 is 24.8 Å². The van der Waals surface area contributed by atoms with E-state index in [-0.39, 0.29) is 28.0 Å². The van der Waals surface area contributed by atoms with Gasteiger partial charge in [-0.2, -0.15) is 0 Å². The van der Waals surface area contributed by atoms with Crippen LogP contribution in [0.25, 0.3) is 0 Å². The summed E-state index contributed by atoms with van der Waals surface area (Å²) in [5, 5.41) is 0. The number of benzene rings is 1. The second-order valence-corrected chi connectivity index (χ2v) is 15.2. The molecule has 0 saturated heterocycles. The van der Waals surface area contributed by atoms with Crippen LogP contribution in [0.15, 0.2) is 23.1 Å². The van der Waals surface area contributed by atoms with Crippen molar-refractivity contribution in [3.8, 4) is 5.75 Å². The molecule has 33 heavy (non-hydrogen) atoms. The van der Waals surface area contributed by atoms with Gasteiger partial charge in [-0.25, -0.2) is 21.6 Å². The Balaban J connectivity index is 3.12. The van der Waals surface area contributed by atoms with E-state index in [1.807, 2.05) is 6.07 Å². The minimum Gasteiger partial charge on any atom is -0.492 e. The van der Waals surface area contributed by atoms with Crippen LogP contribution < -0.4 is 9.46 Å². The number of sulfonamides is 1. The Kier molecular flexibility index (Phi) is 11.7. The normalized spacial score (nSPS) is 13.3. The van der Waals surface area contributed by atoms with Crippen LogP contribution in [0.3, 0.4) is 0 Å². The first-order chi connectivity index (χ1) is 15.1. The molecule has 0 saturated carbocycles. The number of unbranched alkanes of at least 4 members (excludes halogenated alkanes) is 5. The molecule has 0 amide bonds. The molecular weight excluding hydrogens is 482 g/mol. The van der Waals surface area contributed by atoms with Crippen LogP contribution in [0.1, 0.15) is 92.1 Å². The van der Waals surface area contributed by atoms with Gasteiger partial charge < -0.3 is 4.74 Å². The second kappa shape index (κ2) is 12.8. The molecule has 0 fully saturated rings. The van der Waals surface area contributed by atoms with Crippen molar-refractivity contribution in [2.45, 2.75) is 96.8 Å². The van der Waals surface area contributed by atoms with Crippen LogP contribution in [0, 0.1) is 5.41 Å². The lowest BCUT2D eigenvalue weighted by Crippen LogP contribution is -2.29. The minimum absolute atomic E-state index is 0.0277. The number of halogens is 1. The fourth-order valence-corrected chi connectivity index (χ4v) is 6.03. The van der Waals surface area contributed by atoms with E-state index >= 15 is 0 Å². The molecule has 0 atom stereocenters. The predicted octanol–water partition coefficient (Wildman–Crippen LogP) is 5.99. The summed E-state index contributed by atoms with van der Waals surface area (Å²) in [7, 11) is -2.57. The van der Waals surface area contributed by atoms with Gasteiger partial charge in [0.25, 0.3) is 0 Å². The number of ether oxygens (including phenoxy) is 1. The monoisotopic (exact) mass is 523 g/mol. The summed E-state index contributed by atoms with van der Waals surface area (Å²) in [5.74, 6) is -0.211. The van der Waals surface area contributed by atoms with Crippen molar-refractivity contribution < 1.29 is 21.6 Å². The smallest absolute Gasteiger partial charge is 0.244 e. The third kappa shape index (κ3) is 11.9. The first kappa shape index (κ1) is 30.2. The molecule has 1 N–H and O–H groups in total. The summed E-state index contributed by atoms with van der Waals surface area (Å²) >= 11 is 0. The Labute approximate surface area is 206 Å². The van der Waals surface area contributed by atoms with E-state index in [1.165, 1.54) is 19.3 Å². The Hall–Kier alpha value is -0.830. The van der Waals surface area contributed by atoms with Gasteiger partial charge in [-0.1, -0.05) is 79.7 Å². The second-order valence-electron chi connectivity index (χ2n) is 10.5. The maximum Gasteiger partial charge on any atom is 0.244 e. The molecule has 9 heteroatoms. The summed E-state index contributed by atoms with van der Waals surface area (Å²) in [6, 6.07) is 5.29. The Morgan fingerprint density at radius 2 is 1.55 bits per heavy atom. The fraction of sp³-hybridized carbons (Fsp3) is 0.750. The third-order valence-electron chi connectivity index (χ3n) is 5.38. The van der Waals surface area contributed by atoms with Crippen molar-refractivity contribution in [2.24, 2.45) is 5.41 Å². The van der Waals surface area contributed by atoms with E-state index in [2.05, 4.69) is 46.3 Å². The van der Waals surface area contributed by atoms with E-state index in [4.69, 9.17) is 15.4 Å². The van der Waals surface area contributed by atoms with Crippen molar-refractivity contribution in [3.05, 3.63) is 23.8 Å². The first-order valence-corrected chi connectivity index (χ1v) is 15.7. The SMILES string of the molecule is CCCCCCCCOc1ccc(C(C)(C)CC(C)(C)C)cc1S(=O)(=O)NCCS(=O)(=O)Cl. The number of hydrogen-bond acceptors (Lipinski definition) is 5. The van der Waals surface area contributed by atoms with E-state index in [9.17, 15) is 16.8 Å². The van der Waals surface area contributed by atoms with Crippen LogP contribution in [0.2, 0.25) is 0 Å². The molecule has 0 aromatic heterocycles. The summed E-state index contributed by atoms with van der Waals surface area (Å²) in [6.07, 6.45) is 7.47. The van der Waals surface area contributed by atoms with Gasteiger partial charge in [-0.05, 0) is 41.4 Å². The molecule has 0 heterocycles. The lowest BCUT2D eigenvalue weighted by atomic mass is 9.72. The molecule has 1 rings (SSSR count). The largest absolute Gasteiger partial charge is 0.492 e. The van der Waals surface area contributed by atoms with Crippen molar-refractivity contribution in [1.82, 2.24) is 4.72 Å². The molecule has 0 bridgehead atoms. The molecular formula is C24H42ClNO5S2. The number of hydrogen-bond donors (Lipinski definition) is 1. The van der Waals surface area contributed by atoms with Gasteiger partial charge >= 0.3 is 0 Å². The number of nitrogens with one attached hydrogen (secondary N) is 1. The summed E-state index contributed by atoms with van der Waals surface area (Å²) in [6.45, 7) is 12.9. The summed E-state index contributed by atoms with van der Waals surface area (Å²) in [5.41, 5.74) is 0.678. The molecule has 0 aliphatic carbocycles. The van der Waals surface area contributed by atoms with Gasteiger partial charge in [0.2, 0.25) is 19.1 Å². The van der Waals surface area contributed by atoms with Crippen LogP contribution >= 0.6 is 10.7 Å². The third-order valence-corrected chi connectivity index (χ3v) is 8.02. The van der Waals surface area contributed by atoms with Crippen LogP contribution in [-0.2, 0) is 24.5 Å². The zero-order valence-electron chi connectivity index (χ0n) is 21.0. The number of rotatable bonds is 15. The molecule has 1 aromatic rings. The maximum atomic E-state index is 13.1. The Bertz CT molecular complexity index is 952. The topological polar surface area (TPSA) is 89.5 Å². The van der Waals surface area contributed by atoms with Gasteiger partial charge in [0, 0.05) is 17.2 Å². The van der Waals surface area contributed by atoms with Gasteiger partial charge in [0.15, 0.2) is 0 Å². The first-order valence-electron chi connectivity index (χ1n) is 11.8. The van der Waals surface area contributed by atoms with Gasteiger partial charge in [-0.3, -0.25) is 0 Å². The Morgan fingerprint density at radius 3 is 2.12 bits per heavy atom. The predicted molar refractivity (Wildman–Crippen MR) is 137 cm³/mol. The fourth-order valence-electron chi connectivity index (χ4n) is 4.13. The highest BCUT2D eigenvalue weighted by Gasteiger charge is 2.30. The molecule has 192 valence electrons. The highest BCUT2D eigenvalue weighted by Crippen LogP contribution is 2.38.